The standard InChI is InChI=1S/C20H27N3O4S/c24-16(22-27)10-14(9-13-3-1-2-4-13)19(26)23-12-20(5-6-20)11-15(23)17(25)18-21-7-8-28-18/h7-8,13-15,27H,1-6,9-12H2,(H,22,24)/t14-,15+/m1/s1. The third kappa shape index (κ3) is 3.98. The van der Waals surface area contributed by atoms with E-state index in [4.69, 9.17) is 5.21 Å². The molecule has 1 aromatic heterocycles. The zero-order valence-electron chi connectivity index (χ0n) is 15.9. The molecule has 1 aliphatic heterocycles. The lowest BCUT2D eigenvalue weighted by atomic mass is 9.89. The van der Waals surface area contributed by atoms with Crippen LogP contribution >= 0.6 is 11.3 Å². The summed E-state index contributed by atoms with van der Waals surface area (Å²) in [6.07, 6.45) is 9.49. The summed E-state index contributed by atoms with van der Waals surface area (Å²) in [5.74, 6) is -0.797. The van der Waals surface area contributed by atoms with E-state index in [9.17, 15) is 14.4 Å². The molecule has 0 bridgehead atoms. The van der Waals surface area contributed by atoms with Crippen LogP contribution in [-0.4, -0.2) is 45.3 Å². The quantitative estimate of drug-likeness (QED) is 0.413. The Bertz CT molecular complexity index is 741. The van der Waals surface area contributed by atoms with Crippen molar-refractivity contribution in [1.82, 2.24) is 15.4 Å². The molecule has 2 saturated carbocycles. The van der Waals surface area contributed by atoms with E-state index in [2.05, 4.69) is 4.98 Å². The Morgan fingerprint density at radius 3 is 2.68 bits per heavy atom. The van der Waals surface area contributed by atoms with Gasteiger partial charge in [-0.2, -0.15) is 0 Å². The minimum absolute atomic E-state index is 0.0342. The number of aromatic nitrogens is 1. The Labute approximate surface area is 168 Å². The summed E-state index contributed by atoms with van der Waals surface area (Å²) in [6.45, 7) is 0.593. The molecule has 0 unspecified atom stereocenters. The third-order valence-corrected chi connectivity index (χ3v) is 7.48. The molecular formula is C20H27N3O4S. The molecule has 3 aliphatic rings. The number of carbonyl (C=O) groups is 3. The molecule has 1 spiro atoms. The van der Waals surface area contributed by atoms with Crippen molar-refractivity contribution >= 4 is 28.9 Å². The van der Waals surface area contributed by atoms with Crippen LogP contribution in [0.2, 0.25) is 0 Å². The van der Waals surface area contributed by atoms with Crippen LogP contribution in [0.3, 0.4) is 0 Å². The molecule has 4 rings (SSSR count). The van der Waals surface area contributed by atoms with E-state index < -0.39 is 17.9 Å². The largest absolute Gasteiger partial charge is 0.331 e. The minimum atomic E-state index is -0.542. The fourth-order valence-electron chi connectivity index (χ4n) is 4.97. The molecule has 1 aromatic rings. The molecule has 7 nitrogen and oxygen atoms in total. The Morgan fingerprint density at radius 1 is 1.32 bits per heavy atom. The van der Waals surface area contributed by atoms with Crippen LogP contribution in [0.5, 0.6) is 0 Å². The molecule has 2 amide bonds. The first-order chi connectivity index (χ1) is 13.5. The van der Waals surface area contributed by atoms with Gasteiger partial charge in [-0.1, -0.05) is 25.7 Å². The lowest BCUT2D eigenvalue weighted by Gasteiger charge is -2.29. The molecule has 0 radical (unpaired) electrons. The van der Waals surface area contributed by atoms with Crippen molar-refractivity contribution in [1.29, 1.82) is 0 Å². The second kappa shape index (κ2) is 7.91. The van der Waals surface area contributed by atoms with Crippen LogP contribution in [0.15, 0.2) is 11.6 Å². The van der Waals surface area contributed by atoms with Crippen LogP contribution in [0.25, 0.3) is 0 Å². The van der Waals surface area contributed by atoms with Gasteiger partial charge in [-0.25, -0.2) is 10.5 Å². The molecule has 2 atom stereocenters. The summed E-state index contributed by atoms with van der Waals surface area (Å²) < 4.78 is 0. The van der Waals surface area contributed by atoms with Crippen molar-refractivity contribution in [3.05, 3.63) is 16.6 Å². The lowest BCUT2D eigenvalue weighted by Crippen LogP contribution is -2.45. The van der Waals surface area contributed by atoms with E-state index in [0.717, 1.165) is 38.5 Å². The number of Topliss-reactive ketones (excluding diaryl/α,β-unsaturated/α-hetero) is 1. The predicted molar refractivity (Wildman–Crippen MR) is 103 cm³/mol. The van der Waals surface area contributed by atoms with E-state index in [1.807, 2.05) is 0 Å². The first kappa shape index (κ1) is 19.5. The molecule has 3 fully saturated rings. The number of ketones is 1. The lowest BCUT2D eigenvalue weighted by molar-refractivity contribution is -0.141. The Balaban J connectivity index is 1.54. The average Bonchev–Trinajstić information content (AvgIpc) is 3.14. The highest BCUT2D eigenvalue weighted by atomic mass is 32.1. The summed E-state index contributed by atoms with van der Waals surface area (Å²) in [7, 11) is 0. The monoisotopic (exact) mass is 405 g/mol. The van der Waals surface area contributed by atoms with Crippen LogP contribution in [0.4, 0.5) is 0 Å². The van der Waals surface area contributed by atoms with E-state index in [1.165, 1.54) is 11.3 Å². The van der Waals surface area contributed by atoms with E-state index in [-0.39, 0.29) is 23.5 Å². The van der Waals surface area contributed by atoms with Gasteiger partial charge in [-0.15, -0.1) is 11.3 Å². The van der Waals surface area contributed by atoms with Crippen molar-refractivity contribution in [3.8, 4) is 0 Å². The van der Waals surface area contributed by atoms with Gasteiger partial charge in [0.1, 0.15) is 0 Å². The summed E-state index contributed by atoms with van der Waals surface area (Å²) >= 11 is 1.31. The Hall–Kier alpha value is -1.80. The number of likely N-dealkylation sites (tertiary alicyclic amines) is 1. The molecule has 8 heteroatoms. The van der Waals surface area contributed by atoms with Gasteiger partial charge in [0.2, 0.25) is 17.6 Å². The van der Waals surface area contributed by atoms with Gasteiger partial charge in [0.15, 0.2) is 5.01 Å². The summed E-state index contributed by atoms with van der Waals surface area (Å²) in [6, 6.07) is -0.482. The molecule has 152 valence electrons. The van der Waals surface area contributed by atoms with Crippen molar-refractivity contribution in [2.45, 2.75) is 63.8 Å². The van der Waals surface area contributed by atoms with Gasteiger partial charge in [0.05, 0.1) is 6.04 Å². The molecule has 0 aromatic carbocycles. The minimum Gasteiger partial charge on any atom is -0.331 e. The number of hydroxylamine groups is 1. The number of rotatable bonds is 7. The van der Waals surface area contributed by atoms with Crippen LogP contribution in [0, 0.1) is 17.3 Å². The van der Waals surface area contributed by atoms with E-state index in [1.54, 1.807) is 22.0 Å². The van der Waals surface area contributed by atoms with Crippen molar-refractivity contribution in [3.63, 3.8) is 0 Å². The Morgan fingerprint density at radius 2 is 2.07 bits per heavy atom. The van der Waals surface area contributed by atoms with Gasteiger partial charge in [-0.3, -0.25) is 19.6 Å². The van der Waals surface area contributed by atoms with Crippen LogP contribution in [-0.2, 0) is 9.59 Å². The SMILES string of the molecule is O=C(C[C@@H](CC1CCCC1)C(=O)N1CC2(CC2)C[C@H]1C(=O)c1nccs1)NO. The van der Waals surface area contributed by atoms with Gasteiger partial charge in [-0.05, 0) is 37.0 Å². The fraction of sp³-hybridized carbons (Fsp3) is 0.700. The summed E-state index contributed by atoms with van der Waals surface area (Å²) in [4.78, 5) is 44.2. The van der Waals surface area contributed by atoms with Gasteiger partial charge >= 0.3 is 0 Å². The number of thiazole rings is 1. The maximum atomic E-state index is 13.5. The van der Waals surface area contributed by atoms with Crippen molar-refractivity contribution in [2.75, 3.05) is 6.54 Å². The normalized spacial score (nSPS) is 24.5. The number of nitrogens with one attached hydrogen (secondary N) is 1. The molecule has 2 N–H and O–H groups in total. The number of hydrogen-bond acceptors (Lipinski definition) is 6. The maximum Gasteiger partial charge on any atom is 0.244 e. The number of nitrogens with zero attached hydrogens (tertiary/aromatic N) is 2. The van der Waals surface area contributed by atoms with Crippen molar-refractivity contribution < 1.29 is 19.6 Å². The van der Waals surface area contributed by atoms with Crippen molar-refractivity contribution in [2.24, 2.45) is 17.3 Å². The molecule has 2 aliphatic carbocycles. The summed E-state index contributed by atoms with van der Waals surface area (Å²) in [5, 5.41) is 11.2. The number of carbonyl (C=O) groups excluding carboxylic acids is 3. The van der Waals surface area contributed by atoms with Crippen LogP contribution in [0.1, 0.15) is 67.6 Å². The molecule has 2 heterocycles. The second-order valence-corrected chi connectivity index (χ2v) is 9.60. The number of amides is 2. The topological polar surface area (TPSA) is 99.6 Å². The molecule has 28 heavy (non-hydrogen) atoms. The zero-order chi connectivity index (χ0) is 19.7. The van der Waals surface area contributed by atoms with Gasteiger partial charge < -0.3 is 4.90 Å². The van der Waals surface area contributed by atoms with E-state index >= 15 is 0 Å². The maximum absolute atomic E-state index is 13.5. The highest BCUT2D eigenvalue weighted by molar-refractivity contribution is 7.11. The average molecular weight is 406 g/mol. The predicted octanol–water partition coefficient (Wildman–Crippen LogP) is 2.80. The Kier molecular flexibility index (Phi) is 5.51. The van der Waals surface area contributed by atoms with E-state index in [0.29, 0.717) is 30.3 Å². The molecular weight excluding hydrogens is 378 g/mol. The third-order valence-electron chi connectivity index (χ3n) is 6.69. The first-order valence-corrected chi connectivity index (χ1v) is 11.1. The van der Waals surface area contributed by atoms with Gasteiger partial charge in [0.25, 0.3) is 0 Å². The zero-order valence-corrected chi connectivity index (χ0v) is 16.7. The number of hydrogen-bond donors (Lipinski definition) is 2. The van der Waals surface area contributed by atoms with Gasteiger partial charge in [0, 0.05) is 30.5 Å². The smallest absolute Gasteiger partial charge is 0.244 e. The fourth-order valence-corrected chi connectivity index (χ4v) is 5.60. The second-order valence-electron chi connectivity index (χ2n) is 8.71. The highest BCUT2D eigenvalue weighted by Crippen LogP contribution is 2.55. The molecule has 1 saturated heterocycles. The first-order valence-electron chi connectivity index (χ1n) is 10.2. The van der Waals surface area contributed by atoms with Crippen LogP contribution < -0.4 is 5.48 Å². The highest BCUT2D eigenvalue weighted by Gasteiger charge is 2.56. The summed E-state index contributed by atoms with van der Waals surface area (Å²) in [5.41, 5.74) is 1.74.